The molecule has 0 atom stereocenters. The summed E-state index contributed by atoms with van der Waals surface area (Å²) in [5.74, 6) is 0.0185. The number of hydrogen-bond donors (Lipinski definition) is 0. The van der Waals surface area contributed by atoms with Crippen molar-refractivity contribution in [2.24, 2.45) is 7.05 Å². The van der Waals surface area contributed by atoms with Gasteiger partial charge in [0.05, 0.1) is 10.7 Å². The van der Waals surface area contributed by atoms with E-state index in [2.05, 4.69) is 0 Å². The molecule has 3 heteroatoms. The van der Waals surface area contributed by atoms with Gasteiger partial charge in [0.1, 0.15) is 0 Å². The molecule has 2 rings (SSSR count). The Hall–Kier alpha value is -1.54. The van der Waals surface area contributed by atoms with Gasteiger partial charge in [0, 0.05) is 18.3 Å². The summed E-state index contributed by atoms with van der Waals surface area (Å²) in [5.41, 5.74) is 4.28. The fourth-order valence-electron chi connectivity index (χ4n) is 2.11. The molecule has 0 saturated heterocycles. The van der Waals surface area contributed by atoms with Gasteiger partial charge in [0.2, 0.25) is 5.78 Å². The molecular formula is C15H16ClNO. The van der Waals surface area contributed by atoms with Crippen LogP contribution in [0.1, 0.15) is 32.9 Å². The SMILES string of the molecule is Cc1ccc(C(=O)c2c(C)c(Cl)c(C)n2C)cc1. The molecule has 1 aromatic heterocycles. The van der Waals surface area contributed by atoms with Crippen molar-refractivity contribution in [1.82, 2.24) is 4.57 Å². The third-order valence-electron chi connectivity index (χ3n) is 3.37. The number of halogens is 1. The van der Waals surface area contributed by atoms with Crippen LogP contribution in [0, 0.1) is 20.8 Å². The maximum atomic E-state index is 12.5. The van der Waals surface area contributed by atoms with E-state index in [1.54, 1.807) is 0 Å². The lowest BCUT2D eigenvalue weighted by molar-refractivity contribution is 0.103. The van der Waals surface area contributed by atoms with Gasteiger partial charge >= 0.3 is 0 Å². The Morgan fingerprint density at radius 3 is 2.11 bits per heavy atom. The molecule has 0 saturated carbocycles. The third-order valence-corrected chi connectivity index (χ3v) is 3.93. The second-order valence-corrected chi connectivity index (χ2v) is 5.01. The van der Waals surface area contributed by atoms with Gasteiger partial charge in [-0.1, -0.05) is 41.4 Å². The highest BCUT2D eigenvalue weighted by Gasteiger charge is 2.20. The van der Waals surface area contributed by atoms with Crippen LogP contribution in [0.25, 0.3) is 0 Å². The summed E-state index contributed by atoms with van der Waals surface area (Å²) in [6.07, 6.45) is 0. The van der Waals surface area contributed by atoms with Gasteiger partial charge in [-0.05, 0) is 26.3 Å². The first-order chi connectivity index (χ1) is 8.43. The molecule has 2 nitrogen and oxygen atoms in total. The Labute approximate surface area is 112 Å². The van der Waals surface area contributed by atoms with Crippen molar-refractivity contribution in [1.29, 1.82) is 0 Å². The van der Waals surface area contributed by atoms with E-state index in [0.29, 0.717) is 16.3 Å². The van der Waals surface area contributed by atoms with E-state index >= 15 is 0 Å². The van der Waals surface area contributed by atoms with Gasteiger partial charge in [0.15, 0.2) is 0 Å². The van der Waals surface area contributed by atoms with Crippen LogP contribution in [0.5, 0.6) is 0 Å². The van der Waals surface area contributed by atoms with Crippen molar-refractivity contribution in [2.45, 2.75) is 20.8 Å². The number of aryl methyl sites for hydroxylation is 1. The molecule has 1 heterocycles. The van der Waals surface area contributed by atoms with Crippen LogP contribution in [0.2, 0.25) is 5.02 Å². The van der Waals surface area contributed by atoms with E-state index in [0.717, 1.165) is 16.8 Å². The summed E-state index contributed by atoms with van der Waals surface area (Å²) in [6, 6.07) is 7.60. The monoisotopic (exact) mass is 261 g/mol. The van der Waals surface area contributed by atoms with E-state index < -0.39 is 0 Å². The highest BCUT2D eigenvalue weighted by Crippen LogP contribution is 2.27. The normalized spacial score (nSPS) is 10.7. The Morgan fingerprint density at radius 2 is 1.67 bits per heavy atom. The number of nitrogens with zero attached hydrogens (tertiary/aromatic N) is 1. The van der Waals surface area contributed by atoms with Crippen molar-refractivity contribution in [3.8, 4) is 0 Å². The smallest absolute Gasteiger partial charge is 0.209 e. The number of rotatable bonds is 2. The van der Waals surface area contributed by atoms with E-state index in [1.807, 2.05) is 56.7 Å². The van der Waals surface area contributed by atoms with Crippen LogP contribution in [-0.2, 0) is 7.05 Å². The lowest BCUT2D eigenvalue weighted by Crippen LogP contribution is -2.09. The molecule has 0 bridgehead atoms. The summed E-state index contributed by atoms with van der Waals surface area (Å²) in [5, 5.41) is 0.674. The average molecular weight is 262 g/mol. The molecule has 1 aromatic carbocycles. The zero-order valence-electron chi connectivity index (χ0n) is 11.0. The molecule has 0 unspecified atom stereocenters. The van der Waals surface area contributed by atoms with Gasteiger partial charge in [0.25, 0.3) is 0 Å². The summed E-state index contributed by atoms with van der Waals surface area (Å²) in [6.45, 7) is 5.81. The standard InChI is InChI=1S/C15H16ClNO/c1-9-5-7-12(8-6-9)15(18)14-10(2)13(16)11(3)17(14)4/h5-8H,1-4H3. The molecule has 2 aromatic rings. The molecule has 18 heavy (non-hydrogen) atoms. The minimum atomic E-state index is 0.0185. The van der Waals surface area contributed by atoms with Crippen LogP contribution in [0.15, 0.2) is 24.3 Å². The largest absolute Gasteiger partial charge is 0.344 e. The predicted octanol–water partition coefficient (Wildman–Crippen LogP) is 3.83. The van der Waals surface area contributed by atoms with Crippen LogP contribution in [-0.4, -0.2) is 10.4 Å². The van der Waals surface area contributed by atoms with Crippen LogP contribution >= 0.6 is 11.6 Å². The lowest BCUT2D eigenvalue weighted by atomic mass is 10.0. The molecule has 0 amide bonds. The maximum absolute atomic E-state index is 12.5. The highest BCUT2D eigenvalue weighted by atomic mass is 35.5. The van der Waals surface area contributed by atoms with Gasteiger partial charge in [-0.25, -0.2) is 0 Å². The van der Waals surface area contributed by atoms with Crippen LogP contribution < -0.4 is 0 Å². The average Bonchev–Trinajstić information content (AvgIpc) is 2.54. The first-order valence-electron chi connectivity index (χ1n) is 5.86. The molecule has 0 aliphatic carbocycles. The molecule has 94 valence electrons. The number of aromatic nitrogens is 1. The van der Waals surface area contributed by atoms with E-state index in [4.69, 9.17) is 11.6 Å². The van der Waals surface area contributed by atoms with E-state index in [1.165, 1.54) is 0 Å². The topological polar surface area (TPSA) is 22.0 Å². The number of benzene rings is 1. The predicted molar refractivity (Wildman–Crippen MR) is 74.5 cm³/mol. The fourth-order valence-corrected chi connectivity index (χ4v) is 2.32. The Balaban J connectivity index is 2.53. The number of carbonyl (C=O) groups excluding carboxylic acids is 1. The van der Waals surface area contributed by atoms with Gasteiger partial charge in [-0.3, -0.25) is 4.79 Å². The van der Waals surface area contributed by atoms with Gasteiger partial charge < -0.3 is 4.57 Å². The summed E-state index contributed by atoms with van der Waals surface area (Å²) >= 11 is 6.19. The first kappa shape index (κ1) is 12.9. The van der Waals surface area contributed by atoms with Crippen molar-refractivity contribution in [2.75, 3.05) is 0 Å². The highest BCUT2D eigenvalue weighted by molar-refractivity contribution is 6.33. The second-order valence-electron chi connectivity index (χ2n) is 4.63. The molecular weight excluding hydrogens is 246 g/mol. The Kier molecular flexibility index (Phi) is 3.31. The number of hydrogen-bond acceptors (Lipinski definition) is 1. The lowest BCUT2D eigenvalue weighted by Gasteiger charge is -2.06. The zero-order chi connectivity index (χ0) is 13.4. The van der Waals surface area contributed by atoms with Crippen molar-refractivity contribution >= 4 is 17.4 Å². The van der Waals surface area contributed by atoms with Crippen LogP contribution in [0.4, 0.5) is 0 Å². The molecule has 0 radical (unpaired) electrons. The summed E-state index contributed by atoms with van der Waals surface area (Å²) in [4.78, 5) is 12.5. The third kappa shape index (κ3) is 1.97. The van der Waals surface area contributed by atoms with Crippen molar-refractivity contribution in [3.63, 3.8) is 0 Å². The number of ketones is 1. The number of carbonyl (C=O) groups is 1. The van der Waals surface area contributed by atoms with Crippen LogP contribution in [0.3, 0.4) is 0 Å². The first-order valence-corrected chi connectivity index (χ1v) is 6.24. The summed E-state index contributed by atoms with van der Waals surface area (Å²) < 4.78 is 1.86. The molecule has 0 spiro atoms. The molecule has 0 fully saturated rings. The Morgan fingerprint density at radius 1 is 1.11 bits per heavy atom. The quantitative estimate of drug-likeness (QED) is 0.753. The van der Waals surface area contributed by atoms with Crippen molar-refractivity contribution in [3.05, 3.63) is 57.4 Å². The maximum Gasteiger partial charge on any atom is 0.209 e. The fraction of sp³-hybridized carbons (Fsp3) is 0.267. The molecule has 0 N–H and O–H groups in total. The second kappa shape index (κ2) is 4.62. The van der Waals surface area contributed by atoms with Gasteiger partial charge in [-0.2, -0.15) is 0 Å². The van der Waals surface area contributed by atoms with Gasteiger partial charge in [-0.15, -0.1) is 0 Å². The minimum Gasteiger partial charge on any atom is -0.344 e. The Bertz CT molecular complexity index is 583. The van der Waals surface area contributed by atoms with E-state index in [9.17, 15) is 4.79 Å². The summed E-state index contributed by atoms with van der Waals surface area (Å²) in [7, 11) is 1.87. The van der Waals surface area contributed by atoms with Crippen molar-refractivity contribution < 1.29 is 4.79 Å². The van der Waals surface area contributed by atoms with E-state index in [-0.39, 0.29) is 5.78 Å². The zero-order valence-corrected chi connectivity index (χ0v) is 11.8. The minimum absolute atomic E-state index is 0.0185. The molecule has 0 aliphatic heterocycles. The molecule has 0 aliphatic rings.